The molecule has 0 fully saturated rings. The van der Waals surface area contributed by atoms with Crippen LogP contribution in [0, 0.1) is 0 Å². The van der Waals surface area contributed by atoms with Crippen LogP contribution in [0.5, 0.6) is 0 Å². The minimum absolute atomic E-state index is 1.25. The standard InChI is InChI=1S/C6H6.CO.Fe/c1-2-4-6-5-3-1;1-2;/h1-6H;;. The topological polar surface area (TPSA) is 17.1 Å². The zero-order valence-corrected chi connectivity index (χ0v) is 5.83. The zero-order chi connectivity index (χ0) is 6.95. The maximum atomic E-state index is 8.57. The van der Waals surface area contributed by atoms with E-state index < -0.39 is 0 Å². The van der Waals surface area contributed by atoms with E-state index >= 15 is 0 Å². The Hall–Kier alpha value is -0.681. The van der Waals surface area contributed by atoms with E-state index in [9.17, 15) is 0 Å². The summed E-state index contributed by atoms with van der Waals surface area (Å²) < 4.78 is 0. The Bertz CT molecular complexity index is 139. The summed E-state index contributed by atoms with van der Waals surface area (Å²) in [5, 5.41) is 0. The van der Waals surface area contributed by atoms with Gasteiger partial charge in [0.1, 0.15) is 0 Å². The smallest absolute Gasteiger partial charge is 0.0623 e. The van der Waals surface area contributed by atoms with Gasteiger partial charge in [0.05, 0.1) is 0 Å². The van der Waals surface area contributed by atoms with E-state index in [4.69, 9.17) is 4.79 Å². The average Bonchev–Trinajstić information content (AvgIpc) is 1.93. The van der Waals surface area contributed by atoms with Gasteiger partial charge >= 0.3 is 25.2 Å². The molecule has 0 aliphatic carbocycles. The van der Waals surface area contributed by atoms with Crippen LogP contribution in [0.3, 0.4) is 0 Å². The van der Waals surface area contributed by atoms with Crippen LogP contribution in [0.2, 0.25) is 0 Å². The Morgan fingerprint density at radius 1 is 0.889 bits per heavy atom. The van der Waals surface area contributed by atoms with Crippen LogP contribution in [0.25, 0.3) is 0 Å². The summed E-state index contributed by atoms with van der Waals surface area (Å²) in [5.74, 6) is 0. The molecule has 0 unspecified atom stereocenters. The zero-order valence-electron chi connectivity index (χ0n) is 4.73. The molecule has 0 radical (unpaired) electrons. The largest absolute Gasteiger partial charge is 0.0623 e. The van der Waals surface area contributed by atoms with Crippen molar-refractivity contribution in [3.63, 3.8) is 0 Å². The Morgan fingerprint density at radius 2 is 1.00 bits per heavy atom. The average molecular weight is 162 g/mol. The summed E-state index contributed by atoms with van der Waals surface area (Å²) in [6, 6.07) is 12.0. The Morgan fingerprint density at radius 3 is 1.11 bits per heavy atom. The van der Waals surface area contributed by atoms with Crippen LogP contribution in [-0.2, 0) is 20.4 Å². The third-order valence-electron chi connectivity index (χ3n) is 0.667. The second-order valence-electron chi connectivity index (χ2n) is 1.23. The monoisotopic (exact) mass is 162 g/mol. The van der Waals surface area contributed by atoms with Gasteiger partial charge in [-0.3, -0.25) is 0 Å². The summed E-state index contributed by atoms with van der Waals surface area (Å²) in [6.45, 7) is 0. The van der Waals surface area contributed by atoms with Crippen molar-refractivity contribution in [3.8, 4) is 0 Å². The molecule has 0 saturated carbocycles. The fourth-order valence-electron chi connectivity index (χ4n) is 0.385. The summed E-state index contributed by atoms with van der Waals surface area (Å²) in [5.41, 5.74) is 0. The van der Waals surface area contributed by atoms with Crippen molar-refractivity contribution >= 4 is 4.79 Å². The first-order chi connectivity index (χ1) is 4.41. The number of hydrogen-bond donors (Lipinski definition) is 0. The maximum Gasteiger partial charge on any atom is -0.0623 e. The van der Waals surface area contributed by atoms with E-state index in [1.165, 1.54) is 4.79 Å². The van der Waals surface area contributed by atoms with Crippen LogP contribution in [0.4, 0.5) is 0 Å². The maximum absolute atomic E-state index is 8.57. The number of rotatable bonds is 0. The van der Waals surface area contributed by atoms with Gasteiger partial charge < -0.3 is 0 Å². The first-order valence-corrected chi connectivity index (χ1v) is 2.93. The predicted molar refractivity (Wildman–Crippen MR) is 32.1 cm³/mol. The van der Waals surface area contributed by atoms with Gasteiger partial charge in [0, 0.05) is 0 Å². The molecule has 1 aromatic rings. The molecule has 0 spiro atoms. The first kappa shape index (κ1) is 8.32. The first-order valence-electron chi connectivity index (χ1n) is 2.38. The van der Waals surface area contributed by atoms with Crippen LogP contribution in [0.15, 0.2) is 36.4 Å². The summed E-state index contributed by atoms with van der Waals surface area (Å²) in [4.78, 5) is 9.82. The van der Waals surface area contributed by atoms with Gasteiger partial charge in [-0.15, -0.1) is 0 Å². The fraction of sp³-hybridized carbons (Fsp3) is 0. The van der Waals surface area contributed by atoms with Gasteiger partial charge in [0.15, 0.2) is 0 Å². The van der Waals surface area contributed by atoms with E-state index in [1.807, 2.05) is 36.4 Å². The van der Waals surface area contributed by atoms with Crippen LogP contribution < -0.4 is 0 Å². The number of benzene rings is 1. The molecule has 0 saturated heterocycles. The molecule has 2 heteroatoms. The molecule has 0 heterocycles. The van der Waals surface area contributed by atoms with E-state index in [-0.39, 0.29) is 0 Å². The minimum Gasteiger partial charge on any atom is -0.0623 e. The van der Waals surface area contributed by atoms with Crippen molar-refractivity contribution < 1.29 is 20.4 Å². The van der Waals surface area contributed by atoms with E-state index in [2.05, 4.69) is 15.6 Å². The van der Waals surface area contributed by atoms with Gasteiger partial charge in [-0.2, -0.15) is 0 Å². The molecule has 1 aromatic carbocycles. The SMILES string of the molecule is O=[C]=[Fe].c1ccccc1. The van der Waals surface area contributed by atoms with Gasteiger partial charge in [-0.1, -0.05) is 36.4 Å². The van der Waals surface area contributed by atoms with Gasteiger partial charge in [-0.25, -0.2) is 0 Å². The van der Waals surface area contributed by atoms with Crippen molar-refractivity contribution in [3.05, 3.63) is 36.4 Å². The van der Waals surface area contributed by atoms with Gasteiger partial charge in [-0.05, 0) is 0 Å². The van der Waals surface area contributed by atoms with Crippen molar-refractivity contribution in [2.75, 3.05) is 0 Å². The molecule has 48 valence electrons. The predicted octanol–water partition coefficient (Wildman–Crippen LogP) is 1.29. The number of hydrogen-bond acceptors (Lipinski definition) is 1. The quantitative estimate of drug-likeness (QED) is 0.525. The van der Waals surface area contributed by atoms with Crippen molar-refractivity contribution in [1.82, 2.24) is 0 Å². The summed E-state index contributed by atoms with van der Waals surface area (Å²) in [6.07, 6.45) is 0. The molecule has 0 amide bonds. The van der Waals surface area contributed by atoms with E-state index in [1.54, 1.807) is 0 Å². The summed E-state index contributed by atoms with van der Waals surface area (Å²) in [7, 11) is 0. The molecule has 0 bridgehead atoms. The van der Waals surface area contributed by atoms with Crippen LogP contribution in [-0.4, -0.2) is 4.79 Å². The molecule has 1 rings (SSSR count). The normalized spacial score (nSPS) is 6.33. The van der Waals surface area contributed by atoms with Crippen LogP contribution >= 0.6 is 0 Å². The van der Waals surface area contributed by atoms with E-state index in [0.717, 1.165) is 0 Å². The Kier molecular flexibility index (Phi) is 6.77. The molecular formula is C7H6FeO. The molecule has 9 heavy (non-hydrogen) atoms. The molecule has 0 aliphatic heterocycles. The van der Waals surface area contributed by atoms with Gasteiger partial charge in [0.2, 0.25) is 0 Å². The third-order valence-corrected chi connectivity index (χ3v) is 0.667. The Labute approximate surface area is 62.1 Å². The molecule has 1 nitrogen and oxygen atoms in total. The second kappa shape index (κ2) is 7.32. The van der Waals surface area contributed by atoms with Crippen LogP contribution in [0.1, 0.15) is 0 Å². The Balaban J connectivity index is 0.000000187. The fourth-order valence-corrected chi connectivity index (χ4v) is 0.385. The summed E-state index contributed by atoms with van der Waals surface area (Å²) >= 11 is 2.68. The molecule has 0 aromatic heterocycles. The molecular weight excluding hydrogens is 156 g/mol. The van der Waals surface area contributed by atoms with Crippen molar-refractivity contribution in [2.24, 2.45) is 0 Å². The number of carbonyl (C=O) groups excluding carboxylic acids is 1. The molecule has 0 atom stereocenters. The van der Waals surface area contributed by atoms with E-state index in [0.29, 0.717) is 0 Å². The minimum atomic E-state index is 1.25. The van der Waals surface area contributed by atoms with Gasteiger partial charge in [0.25, 0.3) is 0 Å². The molecule has 0 aliphatic rings. The van der Waals surface area contributed by atoms with Crippen molar-refractivity contribution in [2.45, 2.75) is 0 Å². The van der Waals surface area contributed by atoms with Crippen molar-refractivity contribution in [1.29, 1.82) is 0 Å². The molecule has 0 N–H and O–H groups in total. The second-order valence-corrected chi connectivity index (χ2v) is 1.45. The third kappa shape index (κ3) is 7.32.